The molecule has 2 unspecified atom stereocenters. The lowest BCUT2D eigenvalue weighted by molar-refractivity contribution is 0.223. The molecule has 0 aromatic carbocycles. The van der Waals surface area contributed by atoms with Crippen LogP contribution in [0.4, 0.5) is 0 Å². The number of rotatable bonds is 3. The largest absolute Gasteiger partial charge is 0.0891 e. The third-order valence-corrected chi connectivity index (χ3v) is 3.63. The molecular formula is C9H19Br. The molecule has 0 saturated heterocycles. The van der Waals surface area contributed by atoms with E-state index in [2.05, 4.69) is 50.5 Å². The second-order valence-corrected chi connectivity index (χ2v) is 5.25. The molecule has 0 amide bonds. The van der Waals surface area contributed by atoms with Crippen LogP contribution in [0.2, 0.25) is 0 Å². The number of hydrogen-bond donors (Lipinski definition) is 0. The van der Waals surface area contributed by atoms with Gasteiger partial charge in [0.1, 0.15) is 0 Å². The van der Waals surface area contributed by atoms with Gasteiger partial charge in [-0.3, -0.25) is 0 Å². The van der Waals surface area contributed by atoms with Crippen LogP contribution in [-0.4, -0.2) is 4.83 Å². The molecule has 0 N–H and O–H groups in total. The second kappa shape index (κ2) is 3.75. The van der Waals surface area contributed by atoms with E-state index < -0.39 is 0 Å². The molecule has 10 heavy (non-hydrogen) atoms. The van der Waals surface area contributed by atoms with Gasteiger partial charge in [-0.25, -0.2) is 0 Å². The molecule has 0 rings (SSSR count). The number of alkyl halides is 1. The summed E-state index contributed by atoms with van der Waals surface area (Å²) in [5.74, 6) is 0.748. The van der Waals surface area contributed by atoms with Gasteiger partial charge in [-0.1, -0.05) is 57.0 Å². The highest BCUT2D eigenvalue weighted by molar-refractivity contribution is 9.09. The van der Waals surface area contributed by atoms with Crippen LogP contribution < -0.4 is 0 Å². The zero-order chi connectivity index (χ0) is 8.36. The first kappa shape index (κ1) is 10.5. The van der Waals surface area contributed by atoms with Gasteiger partial charge < -0.3 is 0 Å². The van der Waals surface area contributed by atoms with Gasteiger partial charge in [-0.2, -0.15) is 0 Å². The summed E-state index contributed by atoms with van der Waals surface area (Å²) in [4.78, 5) is 0.627. The maximum absolute atomic E-state index is 3.62. The summed E-state index contributed by atoms with van der Waals surface area (Å²) in [6.07, 6.45) is 1.25. The Bertz CT molecular complexity index is 94.9. The van der Waals surface area contributed by atoms with E-state index in [0.717, 1.165) is 5.92 Å². The van der Waals surface area contributed by atoms with Crippen LogP contribution in [0.15, 0.2) is 0 Å². The summed E-state index contributed by atoms with van der Waals surface area (Å²) in [5, 5.41) is 0. The molecule has 0 heterocycles. The van der Waals surface area contributed by atoms with Crippen molar-refractivity contribution < 1.29 is 0 Å². The van der Waals surface area contributed by atoms with Crippen LogP contribution in [0.25, 0.3) is 0 Å². The van der Waals surface area contributed by atoms with Crippen LogP contribution in [0.1, 0.15) is 41.0 Å². The van der Waals surface area contributed by atoms with Crippen molar-refractivity contribution in [2.24, 2.45) is 11.3 Å². The molecule has 0 aromatic heterocycles. The van der Waals surface area contributed by atoms with Gasteiger partial charge >= 0.3 is 0 Å². The van der Waals surface area contributed by atoms with Crippen molar-refractivity contribution in [3.8, 4) is 0 Å². The van der Waals surface area contributed by atoms with Crippen LogP contribution in [0.5, 0.6) is 0 Å². The zero-order valence-corrected chi connectivity index (χ0v) is 9.33. The Morgan fingerprint density at radius 1 is 1.30 bits per heavy atom. The Morgan fingerprint density at radius 3 is 1.80 bits per heavy atom. The molecule has 0 aliphatic carbocycles. The molecule has 0 radical (unpaired) electrons. The van der Waals surface area contributed by atoms with E-state index in [0.29, 0.717) is 10.2 Å². The van der Waals surface area contributed by atoms with Crippen LogP contribution >= 0.6 is 15.9 Å². The average Bonchev–Trinajstić information content (AvgIpc) is 1.86. The lowest BCUT2D eigenvalue weighted by Crippen LogP contribution is -2.26. The molecule has 0 aliphatic heterocycles. The molecule has 62 valence electrons. The zero-order valence-electron chi connectivity index (χ0n) is 7.74. The minimum atomic E-state index is 0.475. The van der Waals surface area contributed by atoms with Crippen LogP contribution in [0.3, 0.4) is 0 Å². The summed E-state index contributed by atoms with van der Waals surface area (Å²) < 4.78 is 0. The molecular weight excluding hydrogens is 188 g/mol. The molecule has 2 atom stereocenters. The van der Waals surface area contributed by atoms with Crippen molar-refractivity contribution >= 4 is 15.9 Å². The summed E-state index contributed by atoms with van der Waals surface area (Å²) in [6.45, 7) is 11.4. The van der Waals surface area contributed by atoms with E-state index in [1.165, 1.54) is 6.42 Å². The first-order valence-electron chi connectivity index (χ1n) is 4.06. The SMILES string of the molecule is CCC(C)(C)C(C)C(C)Br. The first-order valence-corrected chi connectivity index (χ1v) is 4.97. The van der Waals surface area contributed by atoms with Crippen molar-refractivity contribution in [3.05, 3.63) is 0 Å². The quantitative estimate of drug-likeness (QED) is 0.616. The van der Waals surface area contributed by atoms with Gasteiger partial charge in [0.25, 0.3) is 0 Å². The van der Waals surface area contributed by atoms with Crippen LogP contribution in [-0.2, 0) is 0 Å². The van der Waals surface area contributed by atoms with Crippen molar-refractivity contribution in [1.82, 2.24) is 0 Å². The van der Waals surface area contributed by atoms with E-state index in [1.807, 2.05) is 0 Å². The highest BCUT2D eigenvalue weighted by Gasteiger charge is 2.26. The third kappa shape index (κ3) is 2.61. The average molecular weight is 207 g/mol. The fourth-order valence-corrected chi connectivity index (χ4v) is 1.66. The van der Waals surface area contributed by atoms with Gasteiger partial charge in [0.15, 0.2) is 0 Å². The molecule has 0 saturated carbocycles. The van der Waals surface area contributed by atoms with E-state index in [9.17, 15) is 0 Å². The predicted octanol–water partition coefficient (Wildman–Crippen LogP) is 3.84. The predicted molar refractivity (Wildman–Crippen MR) is 51.6 cm³/mol. The summed E-state index contributed by atoms with van der Waals surface area (Å²) in [7, 11) is 0. The molecule has 0 aliphatic rings. The van der Waals surface area contributed by atoms with Crippen molar-refractivity contribution in [2.75, 3.05) is 0 Å². The van der Waals surface area contributed by atoms with Crippen molar-refractivity contribution in [3.63, 3.8) is 0 Å². The minimum Gasteiger partial charge on any atom is -0.0891 e. The Hall–Kier alpha value is 0.480. The first-order chi connectivity index (χ1) is 4.41. The van der Waals surface area contributed by atoms with E-state index in [-0.39, 0.29) is 0 Å². The maximum Gasteiger partial charge on any atom is 0.0148 e. The number of hydrogen-bond acceptors (Lipinski definition) is 0. The highest BCUT2D eigenvalue weighted by atomic mass is 79.9. The molecule has 1 heteroatoms. The molecule has 0 aromatic rings. The maximum atomic E-state index is 3.62. The van der Waals surface area contributed by atoms with E-state index in [1.54, 1.807) is 0 Å². The molecule has 0 fully saturated rings. The monoisotopic (exact) mass is 206 g/mol. The Labute approximate surface area is 73.5 Å². The van der Waals surface area contributed by atoms with Crippen LogP contribution in [0, 0.1) is 11.3 Å². The van der Waals surface area contributed by atoms with E-state index in [4.69, 9.17) is 0 Å². The summed E-state index contributed by atoms with van der Waals surface area (Å²) in [6, 6.07) is 0. The van der Waals surface area contributed by atoms with E-state index >= 15 is 0 Å². The minimum absolute atomic E-state index is 0.475. The summed E-state index contributed by atoms with van der Waals surface area (Å²) >= 11 is 3.62. The van der Waals surface area contributed by atoms with Crippen molar-refractivity contribution in [2.45, 2.75) is 45.9 Å². The van der Waals surface area contributed by atoms with Gasteiger partial charge in [0.2, 0.25) is 0 Å². The lowest BCUT2D eigenvalue weighted by atomic mass is 9.76. The second-order valence-electron chi connectivity index (χ2n) is 3.81. The van der Waals surface area contributed by atoms with Gasteiger partial charge in [0, 0.05) is 4.83 Å². The van der Waals surface area contributed by atoms with Crippen molar-refractivity contribution in [1.29, 1.82) is 0 Å². The topological polar surface area (TPSA) is 0 Å². The summed E-state index contributed by atoms with van der Waals surface area (Å²) in [5.41, 5.74) is 0.475. The number of halogens is 1. The standard InChI is InChI=1S/C9H19Br/c1-6-9(4,5)7(2)8(3)10/h7-8H,6H2,1-5H3. The Kier molecular flexibility index (Phi) is 3.93. The normalized spacial score (nSPS) is 18.6. The fraction of sp³-hybridized carbons (Fsp3) is 1.00. The molecule has 0 bridgehead atoms. The van der Waals surface area contributed by atoms with Gasteiger partial charge in [0.05, 0.1) is 0 Å². The Balaban J connectivity index is 4.03. The Morgan fingerprint density at radius 2 is 1.70 bits per heavy atom. The lowest BCUT2D eigenvalue weighted by Gasteiger charge is -2.32. The third-order valence-electron chi connectivity index (χ3n) is 2.83. The molecule has 0 nitrogen and oxygen atoms in total. The molecule has 0 spiro atoms. The van der Waals surface area contributed by atoms with Gasteiger partial charge in [-0.05, 0) is 11.3 Å². The smallest absolute Gasteiger partial charge is 0.0148 e. The fourth-order valence-electron chi connectivity index (χ4n) is 0.944. The van der Waals surface area contributed by atoms with Gasteiger partial charge in [-0.15, -0.1) is 0 Å². The highest BCUT2D eigenvalue weighted by Crippen LogP contribution is 2.34.